The average molecular weight is 322 g/mol. The second kappa shape index (κ2) is 7.96. The van der Waals surface area contributed by atoms with E-state index in [1.165, 1.54) is 4.88 Å². The van der Waals surface area contributed by atoms with E-state index in [2.05, 4.69) is 5.32 Å². The normalized spacial score (nSPS) is 10.3. The predicted octanol–water partition coefficient (Wildman–Crippen LogP) is 3.72. The highest BCUT2D eigenvalue weighted by Crippen LogP contribution is 2.12. The molecule has 3 nitrogen and oxygen atoms in total. The Labute approximate surface area is 132 Å². The molecule has 0 fully saturated rings. The summed E-state index contributed by atoms with van der Waals surface area (Å²) in [6.45, 7) is 0.606. The van der Waals surface area contributed by atoms with Gasteiger partial charge in [0.05, 0.1) is 0 Å². The molecule has 0 aliphatic heterocycles. The van der Waals surface area contributed by atoms with Crippen LogP contribution >= 0.6 is 22.9 Å². The topological polar surface area (TPSA) is 46.2 Å². The van der Waals surface area contributed by atoms with Crippen molar-refractivity contribution in [1.82, 2.24) is 5.32 Å². The van der Waals surface area contributed by atoms with Crippen LogP contribution in [0.3, 0.4) is 0 Å². The van der Waals surface area contributed by atoms with Gasteiger partial charge in [0.2, 0.25) is 5.91 Å². The van der Waals surface area contributed by atoms with Crippen molar-refractivity contribution in [2.75, 3.05) is 6.54 Å². The molecule has 0 unspecified atom stereocenters. The Bertz CT molecular complexity index is 593. The van der Waals surface area contributed by atoms with E-state index in [-0.39, 0.29) is 24.5 Å². The molecule has 1 aromatic heterocycles. The van der Waals surface area contributed by atoms with Crippen molar-refractivity contribution >= 4 is 34.6 Å². The average Bonchev–Trinajstić information content (AvgIpc) is 2.99. The highest BCUT2D eigenvalue weighted by atomic mass is 35.5. The molecule has 0 saturated carbocycles. The summed E-state index contributed by atoms with van der Waals surface area (Å²) in [6.07, 6.45) is 1.26. The van der Waals surface area contributed by atoms with Crippen molar-refractivity contribution in [3.8, 4) is 0 Å². The van der Waals surface area contributed by atoms with Crippen molar-refractivity contribution in [3.05, 3.63) is 57.2 Å². The molecular formula is C16H16ClNO2S. The molecule has 0 saturated heterocycles. The minimum absolute atomic E-state index is 0.0416. The van der Waals surface area contributed by atoms with Gasteiger partial charge in [-0.15, -0.1) is 11.3 Å². The first-order chi connectivity index (χ1) is 10.1. The lowest BCUT2D eigenvalue weighted by Crippen LogP contribution is -2.25. The van der Waals surface area contributed by atoms with Crippen LogP contribution in [0.25, 0.3) is 0 Å². The van der Waals surface area contributed by atoms with Gasteiger partial charge in [-0.1, -0.05) is 17.7 Å². The van der Waals surface area contributed by atoms with Gasteiger partial charge in [0, 0.05) is 34.8 Å². The van der Waals surface area contributed by atoms with Crippen LogP contribution in [0.1, 0.15) is 28.1 Å². The fourth-order valence-electron chi connectivity index (χ4n) is 1.88. The first-order valence-electron chi connectivity index (χ1n) is 6.73. The molecule has 2 rings (SSSR count). The zero-order valence-corrected chi connectivity index (χ0v) is 13.0. The molecule has 0 aliphatic rings. The van der Waals surface area contributed by atoms with Crippen molar-refractivity contribution in [2.24, 2.45) is 0 Å². The quantitative estimate of drug-likeness (QED) is 0.790. The van der Waals surface area contributed by atoms with Crippen molar-refractivity contribution in [2.45, 2.75) is 19.3 Å². The van der Waals surface area contributed by atoms with Crippen LogP contribution in [0.15, 0.2) is 41.8 Å². The smallest absolute Gasteiger partial charge is 0.220 e. The summed E-state index contributed by atoms with van der Waals surface area (Å²) in [6, 6.07) is 10.7. The monoisotopic (exact) mass is 321 g/mol. The molecule has 0 radical (unpaired) electrons. The van der Waals surface area contributed by atoms with Gasteiger partial charge >= 0.3 is 0 Å². The zero-order chi connectivity index (χ0) is 15.1. The molecule has 5 heteroatoms. The van der Waals surface area contributed by atoms with Crippen LogP contribution in [0.2, 0.25) is 5.02 Å². The van der Waals surface area contributed by atoms with Gasteiger partial charge in [0.15, 0.2) is 5.78 Å². The highest BCUT2D eigenvalue weighted by molar-refractivity contribution is 7.09. The Hall–Kier alpha value is -1.65. The van der Waals surface area contributed by atoms with E-state index in [9.17, 15) is 9.59 Å². The van der Waals surface area contributed by atoms with E-state index in [1.807, 2.05) is 17.5 Å². The zero-order valence-electron chi connectivity index (χ0n) is 11.5. The summed E-state index contributed by atoms with van der Waals surface area (Å²) in [5.74, 6) is -0.131. The number of ketones is 1. The van der Waals surface area contributed by atoms with Crippen molar-refractivity contribution < 1.29 is 9.59 Å². The van der Waals surface area contributed by atoms with Gasteiger partial charge in [-0.25, -0.2) is 0 Å². The van der Waals surface area contributed by atoms with E-state index in [1.54, 1.807) is 35.6 Å². The Morgan fingerprint density at radius 2 is 1.86 bits per heavy atom. The minimum atomic E-state index is -0.0890. The molecule has 0 bridgehead atoms. The third kappa shape index (κ3) is 5.33. The molecule has 0 atom stereocenters. The van der Waals surface area contributed by atoms with Gasteiger partial charge in [-0.2, -0.15) is 0 Å². The van der Waals surface area contributed by atoms with Crippen LogP contribution in [-0.4, -0.2) is 18.2 Å². The van der Waals surface area contributed by atoms with Crippen LogP contribution in [0.5, 0.6) is 0 Å². The fraction of sp³-hybridized carbons (Fsp3) is 0.250. The first kappa shape index (κ1) is 15.7. The Morgan fingerprint density at radius 3 is 2.52 bits per heavy atom. The predicted molar refractivity (Wildman–Crippen MR) is 86.0 cm³/mol. The number of carbonyl (C=O) groups excluding carboxylic acids is 2. The number of hydrogen-bond donors (Lipinski definition) is 1. The molecule has 0 aliphatic carbocycles. The minimum Gasteiger partial charge on any atom is -0.356 e. The Kier molecular flexibility index (Phi) is 5.96. The standard InChI is InChI=1S/C16H16ClNO2S/c17-13-5-3-12(4-6-13)15(19)7-8-16(20)18-10-9-14-2-1-11-21-14/h1-6,11H,7-10H2,(H,18,20). The number of Topliss-reactive ketones (excluding diaryl/α,β-unsaturated/α-hetero) is 1. The van der Waals surface area contributed by atoms with Crippen molar-refractivity contribution in [1.29, 1.82) is 0 Å². The fourth-order valence-corrected chi connectivity index (χ4v) is 2.71. The number of halogens is 1. The van der Waals surface area contributed by atoms with E-state index in [0.717, 1.165) is 6.42 Å². The lowest BCUT2D eigenvalue weighted by Gasteiger charge is -2.04. The number of amides is 1. The molecule has 110 valence electrons. The summed E-state index contributed by atoms with van der Waals surface area (Å²) in [7, 11) is 0. The third-order valence-electron chi connectivity index (χ3n) is 3.02. The molecule has 0 spiro atoms. The molecule has 1 heterocycles. The van der Waals surface area contributed by atoms with Gasteiger partial charge in [-0.05, 0) is 42.1 Å². The largest absolute Gasteiger partial charge is 0.356 e. The van der Waals surface area contributed by atoms with Gasteiger partial charge < -0.3 is 5.32 Å². The lowest BCUT2D eigenvalue weighted by atomic mass is 10.1. The molecule has 21 heavy (non-hydrogen) atoms. The highest BCUT2D eigenvalue weighted by Gasteiger charge is 2.09. The van der Waals surface area contributed by atoms with E-state index in [4.69, 9.17) is 11.6 Å². The maximum absolute atomic E-state index is 11.9. The second-order valence-electron chi connectivity index (χ2n) is 4.61. The molecule has 1 aromatic carbocycles. The third-order valence-corrected chi connectivity index (χ3v) is 4.21. The summed E-state index contributed by atoms with van der Waals surface area (Å²) in [5.41, 5.74) is 0.589. The number of nitrogens with one attached hydrogen (secondary N) is 1. The van der Waals surface area contributed by atoms with Crippen molar-refractivity contribution in [3.63, 3.8) is 0 Å². The lowest BCUT2D eigenvalue weighted by molar-refractivity contribution is -0.121. The number of hydrogen-bond acceptors (Lipinski definition) is 3. The number of thiophene rings is 1. The Balaban J connectivity index is 1.68. The molecule has 1 amide bonds. The summed E-state index contributed by atoms with van der Waals surface area (Å²) < 4.78 is 0. The summed E-state index contributed by atoms with van der Waals surface area (Å²) in [5, 5.41) is 5.44. The molecule has 1 N–H and O–H groups in total. The van der Waals surface area contributed by atoms with E-state index in [0.29, 0.717) is 17.1 Å². The number of rotatable bonds is 7. The van der Waals surface area contributed by atoms with E-state index >= 15 is 0 Å². The SMILES string of the molecule is O=C(CCC(=O)c1ccc(Cl)cc1)NCCc1cccs1. The van der Waals surface area contributed by atoms with Crippen LogP contribution < -0.4 is 5.32 Å². The maximum Gasteiger partial charge on any atom is 0.220 e. The second-order valence-corrected chi connectivity index (χ2v) is 6.08. The van der Waals surface area contributed by atoms with Gasteiger partial charge in [0.1, 0.15) is 0 Å². The summed E-state index contributed by atoms with van der Waals surface area (Å²) in [4.78, 5) is 24.8. The van der Waals surface area contributed by atoms with Crippen LogP contribution in [0, 0.1) is 0 Å². The maximum atomic E-state index is 11.9. The Morgan fingerprint density at radius 1 is 1.10 bits per heavy atom. The first-order valence-corrected chi connectivity index (χ1v) is 7.99. The summed E-state index contributed by atoms with van der Waals surface area (Å²) >= 11 is 7.44. The molecule has 2 aromatic rings. The van der Waals surface area contributed by atoms with Crippen LogP contribution in [-0.2, 0) is 11.2 Å². The van der Waals surface area contributed by atoms with Gasteiger partial charge in [-0.3, -0.25) is 9.59 Å². The number of carbonyl (C=O) groups is 2. The van der Waals surface area contributed by atoms with Crippen LogP contribution in [0.4, 0.5) is 0 Å². The van der Waals surface area contributed by atoms with Gasteiger partial charge in [0.25, 0.3) is 0 Å². The van der Waals surface area contributed by atoms with E-state index < -0.39 is 0 Å². The number of benzene rings is 1. The molecular weight excluding hydrogens is 306 g/mol.